The van der Waals surface area contributed by atoms with E-state index >= 15 is 0 Å². The fourth-order valence-corrected chi connectivity index (χ4v) is 3.58. The van der Waals surface area contributed by atoms with Crippen molar-refractivity contribution in [1.82, 2.24) is 34.8 Å². The van der Waals surface area contributed by atoms with Gasteiger partial charge in [-0.25, -0.2) is 9.67 Å². The molecule has 0 spiro atoms. The molecule has 0 N–H and O–H groups in total. The highest BCUT2D eigenvalue weighted by Gasteiger charge is 2.22. The largest absolute Gasteiger partial charge is 0.352 e. The van der Waals surface area contributed by atoms with Gasteiger partial charge in [0.2, 0.25) is 5.91 Å². The molecular weight excluding hydrogens is 364 g/mol. The highest BCUT2D eigenvalue weighted by Crippen LogP contribution is 2.18. The van der Waals surface area contributed by atoms with Crippen molar-refractivity contribution in [2.75, 3.05) is 36.8 Å². The Bertz CT molecular complexity index is 864. The topological polar surface area (TPSA) is 92.9 Å². The summed E-state index contributed by atoms with van der Waals surface area (Å²) < 4.78 is 1.56. The fraction of sp³-hybridized carbons (Fsp3) is 0.294. The van der Waals surface area contributed by atoms with Gasteiger partial charge >= 0.3 is 0 Å². The first-order valence-corrected chi connectivity index (χ1v) is 9.52. The number of thioether (sulfide) groups is 1. The monoisotopic (exact) mass is 382 g/mol. The van der Waals surface area contributed by atoms with Gasteiger partial charge in [0.25, 0.3) is 0 Å². The number of anilines is 1. The summed E-state index contributed by atoms with van der Waals surface area (Å²) in [5, 5.41) is 12.5. The highest BCUT2D eigenvalue weighted by molar-refractivity contribution is 8.00. The van der Waals surface area contributed by atoms with Crippen molar-refractivity contribution in [1.29, 1.82) is 0 Å². The van der Waals surface area contributed by atoms with Gasteiger partial charge in [-0.2, -0.15) is 5.10 Å². The van der Waals surface area contributed by atoms with Crippen LogP contribution >= 0.6 is 11.8 Å². The average Bonchev–Trinajstić information content (AvgIpc) is 3.28. The first-order valence-electron chi connectivity index (χ1n) is 8.54. The van der Waals surface area contributed by atoms with E-state index in [1.165, 1.54) is 18.1 Å². The van der Waals surface area contributed by atoms with Crippen LogP contribution in [0.2, 0.25) is 0 Å². The van der Waals surface area contributed by atoms with Crippen molar-refractivity contribution in [3.05, 3.63) is 49.3 Å². The summed E-state index contributed by atoms with van der Waals surface area (Å²) in [7, 11) is 0. The maximum Gasteiger partial charge on any atom is 0.233 e. The number of rotatable bonds is 5. The molecule has 9 nitrogen and oxygen atoms in total. The van der Waals surface area contributed by atoms with Gasteiger partial charge in [-0.3, -0.25) is 9.78 Å². The quantitative estimate of drug-likeness (QED) is 0.601. The molecule has 3 aromatic rings. The van der Waals surface area contributed by atoms with Gasteiger partial charge in [0, 0.05) is 43.5 Å². The van der Waals surface area contributed by atoms with Gasteiger partial charge in [-0.05, 0) is 24.3 Å². The molecule has 0 saturated carbocycles. The molecule has 138 valence electrons. The molecular formula is C17H18N8OS. The molecule has 0 aromatic carbocycles. The summed E-state index contributed by atoms with van der Waals surface area (Å²) in [5.74, 6) is 2.02. The van der Waals surface area contributed by atoms with Crippen LogP contribution in [0.5, 0.6) is 0 Å². The lowest BCUT2D eigenvalue weighted by molar-refractivity contribution is -0.128. The Morgan fingerprint density at radius 3 is 2.37 bits per heavy atom. The van der Waals surface area contributed by atoms with Crippen molar-refractivity contribution >= 4 is 23.5 Å². The predicted octanol–water partition coefficient (Wildman–Crippen LogP) is 0.893. The molecule has 1 aliphatic rings. The predicted molar refractivity (Wildman–Crippen MR) is 101 cm³/mol. The van der Waals surface area contributed by atoms with Gasteiger partial charge in [0.05, 0.1) is 5.75 Å². The first-order chi connectivity index (χ1) is 13.3. The van der Waals surface area contributed by atoms with Crippen LogP contribution in [0.3, 0.4) is 0 Å². The molecule has 0 unspecified atom stereocenters. The summed E-state index contributed by atoms with van der Waals surface area (Å²) in [6, 6.07) is 7.61. The normalized spacial score (nSPS) is 14.4. The lowest BCUT2D eigenvalue weighted by Crippen LogP contribution is -2.49. The van der Waals surface area contributed by atoms with Crippen LogP contribution in [0, 0.1) is 0 Å². The standard InChI is InChI=1S/C17H18N8OS/c26-17(11-27-14-3-5-18-6-4-14)24-9-7-23(8-10-24)15-1-2-16(22-21-15)25-13-19-12-20-25/h1-6,12-13H,7-11H2. The molecule has 1 amide bonds. The van der Waals surface area contributed by atoms with Crippen LogP contribution in [0.1, 0.15) is 0 Å². The molecule has 0 atom stereocenters. The number of aromatic nitrogens is 6. The summed E-state index contributed by atoms with van der Waals surface area (Å²) in [6.45, 7) is 2.84. The Morgan fingerprint density at radius 1 is 0.963 bits per heavy atom. The minimum absolute atomic E-state index is 0.157. The number of carbonyl (C=O) groups is 1. The molecule has 27 heavy (non-hydrogen) atoms. The third-order valence-corrected chi connectivity index (χ3v) is 5.26. The number of hydrogen-bond acceptors (Lipinski definition) is 8. The number of carbonyl (C=O) groups excluding carboxylic acids is 1. The van der Waals surface area contributed by atoms with E-state index in [1.807, 2.05) is 29.2 Å². The van der Waals surface area contributed by atoms with E-state index in [2.05, 4.69) is 30.2 Å². The van der Waals surface area contributed by atoms with Crippen molar-refractivity contribution in [2.24, 2.45) is 0 Å². The van der Waals surface area contributed by atoms with Crippen LogP contribution in [0.4, 0.5) is 5.82 Å². The van der Waals surface area contributed by atoms with Gasteiger partial charge in [-0.15, -0.1) is 22.0 Å². The molecule has 0 bridgehead atoms. The van der Waals surface area contributed by atoms with Gasteiger partial charge < -0.3 is 9.80 Å². The smallest absolute Gasteiger partial charge is 0.233 e. The number of amides is 1. The van der Waals surface area contributed by atoms with Crippen molar-refractivity contribution < 1.29 is 4.79 Å². The van der Waals surface area contributed by atoms with E-state index in [1.54, 1.807) is 23.4 Å². The summed E-state index contributed by atoms with van der Waals surface area (Å²) in [6.07, 6.45) is 6.51. The molecule has 0 aliphatic carbocycles. The fourth-order valence-electron chi connectivity index (χ4n) is 2.79. The van der Waals surface area contributed by atoms with E-state index in [9.17, 15) is 4.79 Å². The van der Waals surface area contributed by atoms with Gasteiger partial charge in [0.15, 0.2) is 11.6 Å². The summed E-state index contributed by atoms with van der Waals surface area (Å²) in [4.78, 5) is 25.4. The molecule has 1 fully saturated rings. The molecule has 0 radical (unpaired) electrons. The number of pyridine rings is 1. The second-order valence-corrected chi connectivity index (χ2v) is 6.98. The number of hydrogen-bond donors (Lipinski definition) is 0. The Kier molecular flexibility index (Phi) is 5.24. The molecule has 4 heterocycles. The van der Waals surface area contributed by atoms with E-state index in [4.69, 9.17) is 0 Å². The van der Waals surface area contributed by atoms with E-state index in [-0.39, 0.29) is 5.91 Å². The molecule has 1 saturated heterocycles. The SMILES string of the molecule is O=C(CSc1ccncc1)N1CCN(c2ccc(-n3cncn3)nn2)CC1. The first kappa shape index (κ1) is 17.4. The third kappa shape index (κ3) is 4.22. The molecule has 3 aromatic heterocycles. The van der Waals surface area contributed by atoms with Crippen LogP contribution < -0.4 is 4.90 Å². The third-order valence-electron chi connectivity index (χ3n) is 4.26. The number of nitrogens with zero attached hydrogens (tertiary/aromatic N) is 8. The van der Waals surface area contributed by atoms with Gasteiger partial charge in [0.1, 0.15) is 12.7 Å². The average molecular weight is 382 g/mol. The zero-order valence-electron chi connectivity index (χ0n) is 14.5. The minimum atomic E-state index is 0.157. The summed E-state index contributed by atoms with van der Waals surface area (Å²) >= 11 is 1.54. The van der Waals surface area contributed by atoms with Gasteiger partial charge in [-0.1, -0.05) is 0 Å². The Labute approximate surface area is 160 Å². The van der Waals surface area contributed by atoms with Crippen LogP contribution in [-0.2, 0) is 4.79 Å². The van der Waals surface area contributed by atoms with Crippen LogP contribution in [0.25, 0.3) is 5.82 Å². The molecule has 4 rings (SSSR count). The Morgan fingerprint density at radius 2 is 1.70 bits per heavy atom. The highest BCUT2D eigenvalue weighted by atomic mass is 32.2. The van der Waals surface area contributed by atoms with Crippen LogP contribution in [0.15, 0.2) is 54.2 Å². The van der Waals surface area contributed by atoms with Crippen molar-refractivity contribution in [2.45, 2.75) is 4.90 Å². The Hall–Kier alpha value is -3.01. The minimum Gasteiger partial charge on any atom is -0.352 e. The van der Waals surface area contributed by atoms with Crippen LogP contribution in [-0.4, -0.2) is 72.7 Å². The van der Waals surface area contributed by atoms with Crippen molar-refractivity contribution in [3.63, 3.8) is 0 Å². The zero-order valence-corrected chi connectivity index (χ0v) is 15.4. The van der Waals surface area contributed by atoms with Crippen molar-refractivity contribution in [3.8, 4) is 5.82 Å². The number of piperazine rings is 1. The second-order valence-electron chi connectivity index (χ2n) is 5.93. The molecule has 1 aliphatic heterocycles. The molecule has 10 heteroatoms. The van der Waals surface area contributed by atoms with E-state index in [0.29, 0.717) is 24.7 Å². The van der Waals surface area contributed by atoms with E-state index < -0.39 is 0 Å². The lowest BCUT2D eigenvalue weighted by Gasteiger charge is -2.35. The maximum absolute atomic E-state index is 12.4. The lowest BCUT2D eigenvalue weighted by atomic mass is 10.3. The summed E-state index contributed by atoms with van der Waals surface area (Å²) in [5.41, 5.74) is 0. The zero-order chi connectivity index (χ0) is 18.5. The van der Waals surface area contributed by atoms with E-state index in [0.717, 1.165) is 23.8 Å². The maximum atomic E-state index is 12.4. The Balaban J connectivity index is 1.29. The second kappa shape index (κ2) is 8.12.